The number of benzene rings is 1. The van der Waals surface area contributed by atoms with Gasteiger partial charge in [-0.1, -0.05) is 0 Å². The Kier molecular flexibility index (Phi) is 3.76. The largest absolute Gasteiger partial charge is 0.367 e. The minimum atomic E-state index is -0.0112. The number of fused-ring (bicyclic) bond motifs is 1. The van der Waals surface area contributed by atoms with Crippen LogP contribution in [-0.4, -0.2) is 62.7 Å². The van der Waals surface area contributed by atoms with Crippen LogP contribution in [0, 0.1) is 6.92 Å². The molecule has 3 aromatic rings. The van der Waals surface area contributed by atoms with Gasteiger partial charge in [-0.25, -0.2) is 4.98 Å². The van der Waals surface area contributed by atoms with Crippen molar-refractivity contribution in [2.75, 3.05) is 26.2 Å². The van der Waals surface area contributed by atoms with Crippen molar-refractivity contribution in [1.29, 1.82) is 0 Å². The SMILES string of the molecule is Cc1nc2ccc(C(=O)N3CCN(C(=O)c4cc[nH]c4)CC3)cc2[nH]1. The van der Waals surface area contributed by atoms with Gasteiger partial charge in [0.15, 0.2) is 0 Å². The second-order valence-corrected chi connectivity index (χ2v) is 6.24. The number of nitrogens with zero attached hydrogens (tertiary/aromatic N) is 3. The molecule has 0 unspecified atom stereocenters. The molecule has 1 aromatic carbocycles. The Hall–Kier alpha value is -3.09. The fourth-order valence-corrected chi connectivity index (χ4v) is 3.20. The van der Waals surface area contributed by atoms with Gasteiger partial charge >= 0.3 is 0 Å². The number of nitrogens with one attached hydrogen (secondary N) is 2. The van der Waals surface area contributed by atoms with Crippen molar-refractivity contribution in [2.24, 2.45) is 0 Å². The molecule has 1 saturated heterocycles. The average molecular weight is 337 g/mol. The molecule has 2 amide bonds. The third-order valence-electron chi connectivity index (χ3n) is 4.55. The zero-order valence-electron chi connectivity index (χ0n) is 14.0. The Morgan fingerprint density at radius 2 is 1.68 bits per heavy atom. The Morgan fingerprint density at radius 3 is 2.32 bits per heavy atom. The number of amides is 2. The molecule has 2 aromatic heterocycles. The summed E-state index contributed by atoms with van der Waals surface area (Å²) < 4.78 is 0. The Labute approximate surface area is 144 Å². The van der Waals surface area contributed by atoms with Gasteiger partial charge in [0.25, 0.3) is 11.8 Å². The number of carbonyl (C=O) groups is 2. The number of H-pyrrole nitrogens is 2. The molecule has 0 atom stereocenters. The van der Waals surface area contributed by atoms with Crippen molar-refractivity contribution in [3.8, 4) is 0 Å². The number of carbonyl (C=O) groups excluding carboxylic acids is 2. The van der Waals surface area contributed by atoms with Crippen molar-refractivity contribution >= 4 is 22.8 Å². The number of aryl methyl sites for hydroxylation is 1. The van der Waals surface area contributed by atoms with Crippen LogP contribution in [0.2, 0.25) is 0 Å². The first-order valence-electron chi connectivity index (χ1n) is 8.29. The molecule has 2 N–H and O–H groups in total. The zero-order valence-corrected chi connectivity index (χ0v) is 14.0. The summed E-state index contributed by atoms with van der Waals surface area (Å²) in [6.45, 7) is 4.05. The van der Waals surface area contributed by atoms with Crippen molar-refractivity contribution < 1.29 is 9.59 Å². The van der Waals surface area contributed by atoms with Gasteiger partial charge in [-0.3, -0.25) is 9.59 Å². The minimum absolute atomic E-state index is 0.00250. The number of aromatic nitrogens is 3. The first-order chi connectivity index (χ1) is 12.1. The lowest BCUT2D eigenvalue weighted by molar-refractivity contribution is 0.0535. The number of rotatable bonds is 2. The molecule has 0 bridgehead atoms. The van der Waals surface area contributed by atoms with E-state index in [4.69, 9.17) is 0 Å². The normalized spacial score (nSPS) is 14.9. The summed E-state index contributed by atoms with van der Waals surface area (Å²) in [5, 5.41) is 0. The molecule has 0 spiro atoms. The summed E-state index contributed by atoms with van der Waals surface area (Å²) in [6, 6.07) is 7.27. The van der Waals surface area contributed by atoms with Crippen molar-refractivity contribution in [2.45, 2.75) is 6.92 Å². The summed E-state index contributed by atoms with van der Waals surface area (Å²) in [4.78, 5) is 39.1. The quantitative estimate of drug-likeness (QED) is 0.748. The number of hydrogen-bond acceptors (Lipinski definition) is 3. The molecule has 7 heteroatoms. The molecular formula is C18H19N5O2. The van der Waals surface area contributed by atoms with Crippen LogP contribution in [0.15, 0.2) is 36.7 Å². The molecule has 0 radical (unpaired) electrons. The van der Waals surface area contributed by atoms with E-state index in [0.29, 0.717) is 37.3 Å². The first-order valence-corrected chi connectivity index (χ1v) is 8.29. The highest BCUT2D eigenvalue weighted by molar-refractivity contribution is 5.98. The highest BCUT2D eigenvalue weighted by Gasteiger charge is 2.25. The van der Waals surface area contributed by atoms with Crippen LogP contribution in [0.4, 0.5) is 0 Å². The van der Waals surface area contributed by atoms with E-state index >= 15 is 0 Å². The summed E-state index contributed by atoms with van der Waals surface area (Å²) >= 11 is 0. The lowest BCUT2D eigenvalue weighted by atomic mass is 10.1. The standard InChI is InChI=1S/C18H19N5O2/c1-12-20-15-3-2-13(10-16(15)21-12)17(24)22-6-8-23(9-7-22)18(25)14-4-5-19-11-14/h2-5,10-11,19H,6-9H2,1H3,(H,20,21). The predicted molar refractivity (Wildman–Crippen MR) is 93.4 cm³/mol. The molecule has 1 aliphatic rings. The van der Waals surface area contributed by atoms with E-state index in [1.807, 2.05) is 25.1 Å². The lowest BCUT2D eigenvalue weighted by Crippen LogP contribution is -2.50. The van der Waals surface area contributed by atoms with Gasteiger partial charge in [-0.15, -0.1) is 0 Å². The maximum absolute atomic E-state index is 12.7. The van der Waals surface area contributed by atoms with E-state index < -0.39 is 0 Å². The molecular weight excluding hydrogens is 318 g/mol. The van der Waals surface area contributed by atoms with Gasteiger partial charge in [0.05, 0.1) is 16.6 Å². The highest BCUT2D eigenvalue weighted by atomic mass is 16.2. The van der Waals surface area contributed by atoms with Crippen LogP contribution in [0.1, 0.15) is 26.5 Å². The van der Waals surface area contributed by atoms with Crippen LogP contribution in [0.5, 0.6) is 0 Å². The summed E-state index contributed by atoms with van der Waals surface area (Å²) in [5.74, 6) is 0.821. The fourth-order valence-electron chi connectivity index (χ4n) is 3.20. The van der Waals surface area contributed by atoms with Gasteiger partial charge < -0.3 is 19.8 Å². The van der Waals surface area contributed by atoms with Gasteiger partial charge in [0, 0.05) is 44.1 Å². The third-order valence-corrected chi connectivity index (χ3v) is 4.55. The summed E-state index contributed by atoms with van der Waals surface area (Å²) in [6.07, 6.45) is 3.43. The molecule has 7 nitrogen and oxygen atoms in total. The molecule has 4 rings (SSSR count). The van der Waals surface area contributed by atoms with E-state index in [1.54, 1.807) is 28.3 Å². The molecule has 25 heavy (non-hydrogen) atoms. The Morgan fingerprint density at radius 1 is 1.00 bits per heavy atom. The molecule has 0 aliphatic carbocycles. The molecule has 0 saturated carbocycles. The van der Waals surface area contributed by atoms with E-state index in [0.717, 1.165) is 16.9 Å². The van der Waals surface area contributed by atoms with E-state index in [9.17, 15) is 9.59 Å². The molecule has 1 fully saturated rings. The molecule has 3 heterocycles. The van der Waals surface area contributed by atoms with Gasteiger partial charge in [-0.05, 0) is 31.2 Å². The maximum Gasteiger partial charge on any atom is 0.255 e. The van der Waals surface area contributed by atoms with Crippen molar-refractivity contribution in [1.82, 2.24) is 24.8 Å². The monoisotopic (exact) mass is 337 g/mol. The van der Waals surface area contributed by atoms with Crippen LogP contribution in [-0.2, 0) is 0 Å². The lowest BCUT2D eigenvalue weighted by Gasteiger charge is -2.34. The highest BCUT2D eigenvalue weighted by Crippen LogP contribution is 2.16. The summed E-state index contributed by atoms with van der Waals surface area (Å²) in [7, 11) is 0. The van der Waals surface area contributed by atoms with Crippen molar-refractivity contribution in [3.63, 3.8) is 0 Å². The van der Waals surface area contributed by atoms with Crippen LogP contribution in [0.25, 0.3) is 11.0 Å². The second-order valence-electron chi connectivity index (χ2n) is 6.24. The minimum Gasteiger partial charge on any atom is -0.367 e. The second kappa shape index (κ2) is 6.08. The van der Waals surface area contributed by atoms with Gasteiger partial charge in [-0.2, -0.15) is 0 Å². The zero-order chi connectivity index (χ0) is 17.4. The molecule has 1 aliphatic heterocycles. The van der Waals surface area contributed by atoms with Crippen LogP contribution < -0.4 is 0 Å². The van der Waals surface area contributed by atoms with E-state index in [2.05, 4.69) is 15.0 Å². The van der Waals surface area contributed by atoms with Crippen LogP contribution in [0.3, 0.4) is 0 Å². The average Bonchev–Trinajstić information content (AvgIpc) is 3.28. The predicted octanol–water partition coefficient (Wildman–Crippen LogP) is 1.80. The van der Waals surface area contributed by atoms with Gasteiger partial charge in [0.2, 0.25) is 0 Å². The van der Waals surface area contributed by atoms with Gasteiger partial charge in [0.1, 0.15) is 5.82 Å². The summed E-state index contributed by atoms with van der Waals surface area (Å²) in [5.41, 5.74) is 3.02. The Bertz CT molecular complexity index is 920. The third kappa shape index (κ3) is 2.88. The first kappa shape index (κ1) is 15.4. The number of piperazine rings is 1. The topological polar surface area (TPSA) is 85.1 Å². The number of aromatic amines is 2. The van der Waals surface area contributed by atoms with Crippen molar-refractivity contribution in [3.05, 3.63) is 53.6 Å². The molecule has 128 valence electrons. The Balaban J connectivity index is 1.44. The fraction of sp³-hybridized carbons (Fsp3) is 0.278. The maximum atomic E-state index is 12.7. The number of hydrogen-bond donors (Lipinski definition) is 2. The van der Waals surface area contributed by atoms with E-state index in [1.165, 1.54) is 0 Å². The number of imidazole rings is 1. The smallest absolute Gasteiger partial charge is 0.255 e. The van der Waals surface area contributed by atoms with E-state index in [-0.39, 0.29) is 11.8 Å². The van der Waals surface area contributed by atoms with Crippen LogP contribution >= 0.6 is 0 Å².